The van der Waals surface area contributed by atoms with Crippen molar-refractivity contribution in [3.05, 3.63) is 47.7 Å². The summed E-state index contributed by atoms with van der Waals surface area (Å²) in [6.45, 7) is 0.286. The topological polar surface area (TPSA) is 67.1 Å². The highest BCUT2D eigenvalue weighted by atomic mass is 16.5. The van der Waals surface area contributed by atoms with E-state index in [4.69, 9.17) is 23.4 Å². The van der Waals surface area contributed by atoms with E-state index in [9.17, 15) is 4.79 Å². The van der Waals surface area contributed by atoms with Crippen LogP contribution in [0.2, 0.25) is 0 Å². The summed E-state index contributed by atoms with van der Waals surface area (Å²) in [5.41, 5.74) is 2.00. The van der Waals surface area contributed by atoms with Crippen LogP contribution >= 0.6 is 0 Å². The lowest BCUT2D eigenvalue weighted by Gasteiger charge is -2.37. The van der Waals surface area contributed by atoms with Gasteiger partial charge in [-0.25, -0.2) is 0 Å². The van der Waals surface area contributed by atoms with E-state index in [-0.39, 0.29) is 12.4 Å². The first-order valence-corrected chi connectivity index (χ1v) is 8.30. The van der Waals surface area contributed by atoms with Crippen LogP contribution < -0.4 is 18.9 Å². The molecule has 0 radical (unpaired) electrons. The van der Waals surface area contributed by atoms with Gasteiger partial charge in [-0.1, -0.05) is 0 Å². The number of methoxy groups -OCH3 is 2. The SMILES string of the molecule is COc1cc2c(cc1OC)[C@H]1C(=O)c3cc4ccoc4cc3O[C@@H]1CO2. The number of carbonyl (C=O) groups is 1. The molecule has 0 spiro atoms. The molecule has 0 aliphatic carbocycles. The van der Waals surface area contributed by atoms with Crippen molar-refractivity contribution in [1.82, 2.24) is 0 Å². The first kappa shape index (κ1) is 15.1. The summed E-state index contributed by atoms with van der Waals surface area (Å²) in [6.07, 6.45) is 1.21. The van der Waals surface area contributed by atoms with Gasteiger partial charge in [0, 0.05) is 23.1 Å². The van der Waals surface area contributed by atoms with Crippen LogP contribution in [0.25, 0.3) is 11.0 Å². The van der Waals surface area contributed by atoms with Crippen molar-refractivity contribution in [2.24, 2.45) is 0 Å². The molecular weight excluding hydrogens is 336 g/mol. The monoisotopic (exact) mass is 352 g/mol. The van der Waals surface area contributed by atoms with E-state index in [1.807, 2.05) is 12.1 Å². The third-order valence-corrected chi connectivity index (χ3v) is 5.01. The number of furan rings is 1. The summed E-state index contributed by atoms with van der Waals surface area (Å²) in [7, 11) is 3.13. The molecule has 26 heavy (non-hydrogen) atoms. The molecule has 132 valence electrons. The van der Waals surface area contributed by atoms with E-state index in [1.165, 1.54) is 0 Å². The average Bonchev–Trinajstić information content (AvgIpc) is 3.12. The average molecular weight is 352 g/mol. The van der Waals surface area contributed by atoms with Crippen molar-refractivity contribution >= 4 is 16.8 Å². The number of ether oxygens (including phenoxy) is 4. The van der Waals surface area contributed by atoms with Crippen LogP contribution in [-0.4, -0.2) is 32.7 Å². The number of hydrogen-bond acceptors (Lipinski definition) is 6. The molecule has 2 aliphatic heterocycles. The van der Waals surface area contributed by atoms with Crippen LogP contribution in [0.5, 0.6) is 23.0 Å². The number of carbonyl (C=O) groups excluding carboxylic acids is 1. The van der Waals surface area contributed by atoms with E-state index >= 15 is 0 Å². The first-order chi connectivity index (χ1) is 12.7. The maximum absolute atomic E-state index is 13.3. The van der Waals surface area contributed by atoms with E-state index in [0.717, 1.165) is 10.9 Å². The number of fused-ring (bicyclic) bond motifs is 5. The second kappa shape index (κ2) is 5.42. The minimum absolute atomic E-state index is 0.0103. The summed E-state index contributed by atoms with van der Waals surface area (Å²) >= 11 is 0. The summed E-state index contributed by atoms with van der Waals surface area (Å²) in [4.78, 5) is 13.3. The van der Waals surface area contributed by atoms with Gasteiger partial charge in [0.25, 0.3) is 0 Å². The molecular formula is C20H16O6. The number of hydrogen-bond donors (Lipinski definition) is 0. The van der Waals surface area contributed by atoms with Crippen LogP contribution in [0.4, 0.5) is 0 Å². The third-order valence-electron chi connectivity index (χ3n) is 5.01. The zero-order chi connectivity index (χ0) is 17.8. The van der Waals surface area contributed by atoms with Crippen LogP contribution in [0.3, 0.4) is 0 Å². The minimum Gasteiger partial charge on any atom is -0.493 e. The molecule has 0 fully saturated rings. The molecule has 2 atom stereocenters. The summed E-state index contributed by atoms with van der Waals surface area (Å²) in [6, 6.07) is 8.98. The standard InChI is InChI=1S/C20H16O6/c1-22-16-6-11-14(8-17(16)23-2)25-9-18-19(11)20(21)12-5-10-3-4-24-13(10)7-15(12)26-18/h3-8,18-19H,9H2,1-2H3/t18-,19-/m1/s1. The third kappa shape index (κ3) is 2.02. The Kier molecular flexibility index (Phi) is 3.16. The fourth-order valence-electron chi connectivity index (χ4n) is 3.74. The molecule has 6 nitrogen and oxygen atoms in total. The molecule has 0 bridgehead atoms. The van der Waals surface area contributed by atoms with Gasteiger partial charge in [0.05, 0.1) is 32.0 Å². The molecule has 3 aromatic rings. The molecule has 2 aromatic carbocycles. The fraction of sp³-hybridized carbons (Fsp3) is 0.250. The van der Waals surface area contributed by atoms with Crippen LogP contribution in [0.15, 0.2) is 41.0 Å². The maximum atomic E-state index is 13.3. The van der Waals surface area contributed by atoms with Gasteiger partial charge in [-0.15, -0.1) is 0 Å². The highest BCUT2D eigenvalue weighted by molar-refractivity contribution is 6.07. The zero-order valence-corrected chi connectivity index (χ0v) is 14.3. The van der Waals surface area contributed by atoms with Crippen LogP contribution in [0.1, 0.15) is 21.8 Å². The van der Waals surface area contributed by atoms with Crippen molar-refractivity contribution in [1.29, 1.82) is 0 Å². The molecule has 0 amide bonds. The number of rotatable bonds is 2. The Labute approximate surface area is 149 Å². The molecule has 0 unspecified atom stereocenters. The Morgan fingerprint density at radius 2 is 1.85 bits per heavy atom. The lowest BCUT2D eigenvalue weighted by molar-refractivity contribution is 0.0559. The number of ketones is 1. The van der Waals surface area contributed by atoms with Gasteiger partial charge in [0.2, 0.25) is 0 Å². The van der Waals surface area contributed by atoms with Gasteiger partial charge in [-0.3, -0.25) is 4.79 Å². The largest absolute Gasteiger partial charge is 0.493 e. The lowest BCUT2D eigenvalue weighted by Crippen LogP contribution is -2.43. The van der Waals surface area contributed by atoms with Gasteiger partial charge >= 0.3 is 0 Å². The van der Waals surface area contributed by atoms with Gasteiger partial charge in [-0.2, -0.15) is 0 Å². The van der Waals surface area contributed by atoms with E-state index in [2.05, 4.69) is 0 Å². The van der Waals surface area contributed by atoms with E-state index in [1.54, 1.807) is 38.7 Å². The van der Waals surface area contributed by atoms with Gasteiger partial charge in [-0.05, 0) is 18.2 Å². The predicted octanol–water partition coefficient (Wildman–Crippen LogP) is 3.57. The quantitative estimate of drug-likeness (QED) is 0.702. The van der Waals surface area contributed by atoms with Crippen LogP contribution in [0, 0.1) is 0 Å². The Hall–Kier alpha value is -3.15. The Balaban J connectivity index is 1.66. The van der Waals surface area contributed by atoms with Gasteiger partial charge < -0.3 is 23.4 Å². The number of benzene rings is 2. The minimum atomic E-state index is -0.449. The highest BCUT2D eigenvalue weighted by Gasteiger charge is 2.43. The predicted molar refractivity (Wildman–Crippen MR) is 92.7 cm³/mol. The van der Waals surface area contributed by atoms with Gasteiger partial charge in [0.1, 0.15) is 29.8 Å². The molecule has 0 N–H and O–H groups in total. The Bertz CT molecular complexity index is 1030. The lowest BCUT2D eigenvalue weighted by atomic mass is 9.82. The fourth-order valence-corrected chi connectivity index (χ4v) is 3.74. The molecule has 1 aromatic heterocycles. The molecule has 5 rings (SSSR count). The summed E-state index contributed by atoms with van der Waals surface area (Å²) in [5, 5.41) is 0.874. The van der Waals surface area contributed by atoms with E-state index in [0.29, 0.717) is 34.1 Å². The second-order valence-electron chi connectivity index (χ2n) is 6.36. The zero-order valence-electron chi connectivity index (χ0n) is 14.3. The molecule has 6 heteroatoms. The molecule has 0 saturated carbocycles. The Morgan fingerprint density at radius 3 is 2.65 bits per heavy atom. The highest BCUT2D eigenvalue weighted by Crippen LogP contribution is 2.47. The molecule has 2 aliphatic rings. The smallest absolute Gasteiger partial charge is 0.178 e. The van der Waals surface area contributed by atoms with Crippen molar-refractivity contribution in [2.45, 2.75) is 12.0 Å². The van der Waals surface area contributed by atoms with Crippen molar-refractivity contribution in [2.75, 3.05) is 20.8 Å². The molecule has 3 heterocycles. The normalized spacial score (nSPS) is 20.5. The van der Waals surface area contributed by atoms with Crippen molar-refractivity contribution < 1.29 is 28.2 Å². The Morgan fingerprint density at radius 1 is 1.04 bits per heavy atom. The van der Waals surface area contributed by atoms with Crippen molar-refractivity contribution in [3.63, 3.8) is 0 Å². The number of Topliss-reactive ketones (excluding diaryl/α,β-unsaturated/α-hetero) is 1. The van der Waals surface area contributed by atoms with E-state index < -0.39 is 12.0 Å². The van der Waals surface area contributed by atoms with Crippen molar-refractivity contribution in [3.8, 4) is 23.0 Å². The van der Waals surface area contributed by atoms with Crippen LogP contribution in [-0.2, 0) is 0 Å². The second-order valence-corrected chi connectivity index (χ2v) is 6.36. The first-order valence-electron chi connectivity index (χ1n) is 8.30. The van der Waals surface area contributed by atoms with Gasteiger partial charge in [0.15, 0.2) is 17.3 Å². The molecule has 0 saturated heterocycles. The maximum Gasteiger partial charge on any atom is 0.178 e. The summed E-state index contributed by atoms with van der Waals surface area (Å²) < 4.78 is 28.1. The summed E-state index contributed by atoms with van der Waals surface area (Å²) in [5.74, 6) is 1.83.